The number of hydrogen-bond donors (Lipinski definition) is 2. The van der Waals surface area contributed by atoms with Gasteiger partial charge in [0.2, 0.25) is 0 Å². The van der Waals surface area contributed by atoms with Crippen LogP contribution in [-0.4, -0.2) is 42.2 Å². The predicted octanol–water partition coefficient (Wildman–Crippen LogP) is 2.11. The third kappa shape index (κ3) is 5.42. The van der Waals surface area contributed by atoms with Crippen molar-refractivity contribution >= 4 is 11.7 Å². The molecule has 2 rings (SSSR count). The molecule has 1 heterocycles. The highest BCUT2D eigenvalue weighted by atomic mass is 16.5. The van der Waals surface area contributed by atoms with Crippen LogP contribution in [0.4, 0.5) is 5.82 Å². The molecule has 0 fully saturated rings. The molecule has 2 N–H and O–H groups in total. The Balaban J connectivity index is 1.80. The first kappa shape index (κ1) is 17.5. The van der Waals surface area contributed by atoms with E-state index in [1.54, 1.807) is 13.2 Å². The molecule has 0 aliphatic carbocycles. The molecule has 0 bridgehead atoms. The summed E-state index contributed by atoms with van der Waals surface area (Å²) in [5, 5.41) is 5.90. The number of benzene rings is 1. The van der Waals surface area contributed by atoms with Crippen LogP contribution >= 0.6 is 0 Å². The normalized spacial score (nSPS) is 10.3. The number of ether oxygens (including phenoxy) is 2. The van der Waals surface area contributed by atoms with Crippen LogP contribution in [0.5, 0.6) is 11.5 Å². The van der Waals surface area contributed by atoms with Crippen molar-refractivity contribution in [3.63, 3.8) is 0 Å². The molecule has 1 amide bonds. The lowest BCUT2D eigenvalue weighted by Gasteiger charge is -2.10. The smallest absolute Gasteiger partial charge is 0.270 e. The maximum absolute atomic E-state index is 11.9. The summed E-state index contributed by atoms with van der Waals surface area (Å²) < 4.78 is 10.7. The van der Waals surface area contributed by atoms with Crippen LogP contribution in [0.25, 0.3) is 0 Å². The summed E-state index contributed by atoms with van der Waals surface area (Å²) >= 11 is 0. The Labute approximate surface area is 141 Å². The van der Waals surface area contributed by atoms with Crippen molar-refractivity contribution in [3.8, 4) is 11.5 Å². The lowest BCUT2D eigenvalue weighted by atomic mass is 10.3. The van der Waals surface area contributed by atoms with E-state index in [0.29, 0.717) is 24.7 Å². The summed E-state index contributed by atoms with van der Waals surface area (Å²) in [5.74, 6) is 1.91. The quantitative estimate of drug-likeness (QED) is 0.721. The first-order chi connectivity index (χ1) is 11.6. The molecule has 7 nitrogen and oxygen atoms in total. The Hall–Kier alpha value is -2.83. The molecule has 0 unspecified atom stereocenters. The van der Waals surface area contributed by atoms with E-state index in [1.807, 2.05) is 38.1 Å². The van der Waals surface area contributed by atoms with Crippen LogP contribution in [0.15, 0.2) is 36.7 Å². The number of rotatable bonds is 8. The monoisotopic (exact) mass is 330 g/mol. The van der Waals surface area contributed by atoms with Gasteiger partial charge in [-0.05, 0) is 38.1 Å². The Morgan fingerprint density at radius 3 is 2.54 bits per heavy atom. The third-order valence-electron chi connectivity index (χ3n) is 3.06. The van der Waals surface area contributed by atoms with Gasteiger partial charge in [0.25, 0.3) is 5.91 Å². The molecule has 0 atom stereocenters. The van der Waals surface area contributed by atoms with E-state index in [4.69, 9.17) is 9.47 Å². The van der Waals surface area contributed by atoms with Crippen LogP contribution in [0.2, 0.25) is 0 Å². The van der Waals surface area contributed by atoms with Crippen molar-refractivity contribution < 1.29 is 14.3 Å². The molecule has 0 spiro atoms. The molecule has 0 aliphatic heterocycles. The van der Waals surface area contributed by atoms with Gasteiger partial charge in [0.15, 0.2) is 0 Å². The van der Waals surface area contributed by atoms with Crippen molar-refractivity contribution in [3.05, 3.63) is 42.4 Å². The second kappa shape index (κ2) is 8.71. The van der Waals surface area contributed by atoms with E-state index in [9.17, 15) is 4.79 Å². The number of carbonyl (C=O) groups is 1. The molecule has 2 aromatic rings. The first-order valence-electron chi connectivity index (χ1n) is 7.72. The van der Waals surface area contributed by atoms with Gasteiger partial charge in [0.05, 0.1) is 13.7 Å². The van der Waals surface area contributed by atoms with Crippen LogP contribution in [0.1, 0.15) is 24.3 Å². The van der Waals surface area contributed by atoms with E-state index in [2.05, 4.69) is 20.6 Å². The SMILES string of the molecule is COc1ccc(OCCNc2cc(C(=O)NC(C)C)ncn2)cc1. The van der Waals surface area contributed by atoms with Gasteiger partial charge < -0.3 is 20.1 Å². The number of amides is 1. The maximum Gasteiger partial charge on any atom is 0.270 e. The van der Waals surface area contributed by atoms with Gasteiger partial charge in [-0.2, -0.15) is 0 Å². The Morgan fingerprint density at radius 1 is 1.17 bits per heavy atom. The van der Waals surface area contributed by atoms with E-state index in [-0.39, 0.29) is 11.9 Å². The summed E-state index contributed by atoms with van der Waals surface area (Å²) in [5.41, 5.74) is 0.331. The molecule has 0 radical (unpaired) electrons. The lowest BCUT2D eigenvalue weighted by molar-refractivity contribution is 0.0938. The van der Waals surface area contributed by atoms with Gasteiger partial charge >= 0.3 is 0 Å². The van der Waals surface area contributed by atoms with Gasteiger partial charge in [-0.15, -0.1) is 0 Å². The van der Waals surface area contributed by atoms with E-state index < -0.39 is 0 Å². The van der Waals surface area contributed by atoms with Crippen molar-refractivity contribution in [2.45, 2.75) is 19.9 Å². The zero-order chi connectivity index (χ0) is 17.4. The minimum Gasteiger partial charge on any atom is -0.497 e. The van der Waals surface area contributed by atoms with E-state index in [1.165, 1.54) is 6.33 Å². The van der Waals surface area contributed by atoms with Gasteiger partial charge in [-0.3, -0.25) is 4.79 Å². The third-order valence-corrected chi connectivity index (χ3v) is 3.06. The van der Waals surface area contributed by atoms with Gasteiger partial charge in [-0.25, -0.2) is 9.97 Å². The van der Waals surface area contributed by atoms with Crippen molar-refractivity contribution in [2.75, 3.05) is 25.6 Å². The number of nitrogens with zero attached hydrogens (tertiary/aromatic N) is 2. The topological polar surface area (TPSA) is 85.4 Å². The fourth-order valence-electron chi connectivity index (χ4n) is 1.93. The molecule has 128 valence electrons. The Bertz CT molecular complexity index is 659. The predicted molar refractivity (Wildman–Crippen MR) is 91.6 cm³/mol. The Kier molecular flexibility index (Phi) is 6.36. The average Bonchev–Trinajstić information content (AvgIpc) is 2.59. The highest BCUT2D eigenvalue weighted by Gasteiger charge is 2.09. The standard InChI is InChI=1S/C17H22N4O3/c1-12(2)21-17(22)15-10-16(20-11-19-15)18-8-9-24-14-6-4-13(23-3)5-7-14/h4-7,10-12H,8-9H2,1-3H3,(H,21,22)(H,18,19,20). The maximum atomic E-state index is 11.9. The van der Waals surface area contributed by atoms with Gasteiger partial charge in [-0.1, -0.05) is 0 Å². The van der Waals surface area contributed by atoms with Crippen LogP contribution in [0.3, 0.4) is 0 Å². The molecule has 0 saturated heterocycles. The zero-order valence-electron chi connectivity index (χ0n) is 14.1. The fourth-order valence-corrected chi connectivity index (χ4v) is 1.93. The number of aromatic nitrogens is 2. The van der Waals surface area contributed by atoms with Gasteiger partial charge in [0.1, 0.15) is 35.9 Å². The number of hydrogen-bond acceptors (Lipinski definition) is 6. The second-order valence-corrected chi connectivity index (χ2v) is 5.37. The number of methoxy groups -OCH3 is 1. The minimum absolute atomic E-state index is 0.0572. The summed E-state index contributed by atoms with van der Waals surface area (Å²) in [6.45, 7) is 4.81. The van der Waals surface area contributed by atoms with Crippen LogP contribution in [0, 0.1) is 0 Å². The van der Waals surface area contributed by atoms with Crippen molar-refractivity contribution in [1.29, 1.82) is 0 Å². The Morgan fingerprint density at radius 2 is 1.88 bits per heavy atom. The van der Waals surface area contributed by atoms with Crippen molar-refractivity contribution in [1.82, 2.24) is 15.3 Å². The summed E-state index contributed by atoms with van der Waals surface area (Å²) in [6.07, 6.45) is 1.36. The molecular formula is C17H22N4O3. The zero-order valence-corrected chi connectivity index (χ0v) is 14.1. The molecule has 7 heteroatoms. The summed E-state index contributed by atoms with van der Waals surface area (Å²) in [6, 6.07) is 9.04. The lowest BCUT2D eigenvalue weighted by Crippen LogP contribution is -2.30. The molecule has 1 aromatic heterocycles. The molecule has 24 heavy (non-hydrogen) atoms. The molecular weight excluding hydrogens is 308 g/mol. The minimum atomic E-state index is -0.218. The van der Waals surface area contributed by atoms with E-state index in [0.717, 1.165) is 11.5 Å². The summed E-state index contributed by atoms with van der Waals surface area (Å²) in [7, 11) is 1.62. The van der Waals surface area contributed by atoms with E-state index >= 15 is 0 Å². The molecule has 0 aliphatic rings. The largest absolute Gasteiger partial charge is 0.497 e. The highest BCUT2D eigenvalue weighted by molar-refractivity contribution is 5.92. The number of nitrogens with one attached hydrogen (secondary N) is 2. The first-order valence-corrected chi connectivity index (χ1v) is 7.72. The average molecular weight is 330 g/mol. The van der Waals surface area contributed by atoms with Crippen LogP contribution in [-0.2, 0) is 0 Å². The second-order valence-electron chi connectivity index (χ2n) is 5.37. The fraction of sp³-hybridized carbons (Fsp3) is 0.353. The van der Waals surface area contributed by atoms with Crippen LogP contribution < -0.4 is 20.1 Å². The summed E-state index contributed by atoms with van der Waals surface area (Å²) in [4.78, 5) is 20.0. The van der Waals surface area contributed by atoms with Crippen molar-refractivity contribution in [2.24, 2.45) is 0 Å². The number of carbonyl (C=O) groups excluding carboxylic acids is 1. The van der Waals surface area contributed by atoms with Gasteiger partial charge in [0, 0.05) is 12.1 Å². The highest BCUT2D eigenvalue weighted by Crippen LogP contribution is 2.16. The molecule has 1 aromatic carbocycles. The molecule has 0 saturated carbocycles. The number of anilines is 1.